The molecule has 5 nitrogen and oxygen atoms in total. The van der Waals surface area contributed by atoms with Crippen LogP contribution in [0.25, 0.3) is 6.08 Å². The number of benzene rings is 2. The van der Waals surface area contributed by atoms with Crippen LogP contribution in [0.3, 0.4) is 0 Å². The largest absolute Gasteiger partial charge is 0.491 e. The Morgan fingerprint density at radius 3 is 2.32 bits per heavy atom. The molecule has 0 spiro atoms. The standard InChI is InChI=1S/C19H23NO4S/c1-16-3-5-17(6-4-16)11-14-25(21,22)20-15-18-7-9-19(10-8-18)24-13-12-23-2/h3-11,14,20H,12-13,15H2,1-2H3. The van der Waals surface area contributed by atoms with Crippen LogP contribution < -0.4 is 9.46 Å². The molecule has 0 fully saturated rings. The van der Waals surface area contributed by atoms with Gasteiger partial charge in [-0.1, -0.05) is 42.0 Å². The lowest BCUT2D eigenvalue weighted by atomic mass is 10.2. The molecule has 0 atom stereocenters. The first-order valence-corrected chi connectivity index (χ1v) is 9.48. The molecule has 0 aliphatic heterocycles. The van der Waals surface area contributed by atoms with Gasteiger partial charge in [0.2, 0.25) is 10.0 Å². The Morgan fingerprint density at radius 2 is 1.68 bits per heavy atom. The number of sulfonamides is 1. The van der Waals surface area contributed by atoms with Crippen molar-refractivity contribution in [2.45, 2.75) is 13.5 Å². The molecule has 0 bridgehead atoms. The van der Waals surface area contributed by atoms with Crippen LogP contribution in [-0.2, 0) is 21.3 Å². The summed E-state index contributed by atoms with van der Waals surface area (Å²) in [5.74, 6) is 0.725. The number of rotatable bonds is 9. The third-order valence-electron chi connectivity index (χ3n) is 3.47. The van der Waals surface area contributed by atoms with Crippen molar-refractivity contribution in [1.29, 1.82) is 0 Å². The molecule has 134 valence electrons. The molecule has 2 aromatic rings. The highest BCUT2D eigenvalue weighted by Crippen LogP contribution is 2.12. The first-order chi connectivity index (χ1) is 12.0. The summed E-state index contributed by atoms with van der Waals surface area (Å²) in [6, 6.07) is 14.9. The maximum atomic E-state index is 12.0. The van der Waals surface area contributed by atoms with E-state index in [1.807, 2.05) is 43.3 Å². The Labute approximate surface area is 149 Å². The Morgan fingerprint density at radius 1 is 1.00 bits per heavy atom. The van der Waals surface area contributed by atoms with Gasteiger partial charge >= 0.3 is 0 Å². The highest BCUT2D eigenvalue weighted by atomic mass is 32.2. The van der Waals surface area contributed by atoms with Gasteiger partial charge in [0.25, 0.3) is 0 Å². The predicted molar refractivity (Wildman–Crippen MR) is 99.8 cm³/mol. The van der Waals surface area contributed by atoms with Gasteiger partial charge in [-0.2, -0.15) is 0 Å². The molecule has 2 aromatic carbocycles. The van der Waals surface area contributed by atoms with Gasteiger partial charge in [-0.3, -0.25) is 0 Å². The molecule has 1 N–H and O–H groups in total. The van der Waals surface area contributed by atoms with E-state index in [2.05, 4.69) is 4.72 Å². The lowest BCUT2D eigenvalue weighted by molar-refractivity contribution is 0.146. The number of hydrogen-bond donors (Lipinski definition) is 1. The van der Waals surface area contributed by atoms with Crippen molar-refractivity contribution in [1.82, 2.24) is 4.72 Å². The van der Waals surface area contributed by atoms with E-state index >= 15 is 0 Å². The molecular formula is C19H23NO4S. The first kappa shape index (κ1) is 19.2. The summed E-state index contributed by atoms with van der Waals surface area (Å²) >= 11 is 0. The summed E-state index contributed by atoms with van der Waals surface area (Å²) in [5, 5.41) is 1.18. The van der Waals surface area contributed by atoms with Crippen LogP contribution in [0.2, 0.25) is 0 Å². The van der Waals surface area contributed by atoms with Crippen molar-refractivity contribution in [2.24, 2.45) is 0 Å². The van der Waals surface area contributed by atoms with Crippen LogP contribution >= 0.6 is 0 Å². The number of methoxy groups -OCH3 is 1. The summed E-state index contributed by atoms with van der Waals surface area (Å²) in [7, 11) is -1.88. The minimum Gasteiger partial charge on any atom is -0.491 e. The van der Waals surface area contributed by atoms with E-state index < -0.39 is 10.0 Å². The molecule has 0 heterocycles. The second kappa shape index (κ2) is 9.36. The Hall–Kier alpha value is -2.15. The Bertz CT molecular complexity index is 781. The fourth-order valence-electron chi connectivity index (χ4n) is 2.02. The fourth-order valence-corrected chi connectivity index (χ4v) is 2.82. The SMILES string of the molecule is COCCOc1ccc(CNS(=O)(=O)C=Cc2ccc(C)cc2)cc1. The van der Waals surface area contributed by atoms with Crippen LogP contribution in [0.1, 0.15) is 16.7 Å². The van der Waals surface area contributed by atoms with E-state index in [0.29, 0.717) is 13.2 Å². The van der Waals surface area contributed by atoms with Crippen LogP contribution in [0.5, 0.6) is 5.75 Å². The molecule has 0 saturated heterocycles. The minimum absolute atomic E-state index is 0.221. The zero-order valence-electron chi connectivity index (χ0n) is 14.4. The molecule has 0 aliphatic carbocycles. The average molecular weight is 361 g/mol. The van der Waals surface area contributed by atoms with Gasteiger partial charge in [-0.25, -0.2) is 13.1 Å². The maximum Gasteiger partial charge on any atom is 0.234 e. The fraction of sp³-hybridized carbons (Fsp3) is 0.263. The molecule has 0 unspecified atom stereocenters. The van der Waals surface area contributed by atoms with Gasteiger partial charge in [0.1, 0.15) is 12.4 Å². The second-order valence-electron chi connectivity index (χ2n) is 5.56. The number of aryl methyl sites for hydroxylation is 1. The van der Waals surface area contributed by atoms with Gasteiger partial charge in [-0.15, -0.1) is 0 Å². The van der Waals surface area contributed by atoms with Crippen molar-refractivity contribution in [3.05, 3.63) is 70.6 Å². The van der Waals surface area contributed by atoms with E-state index in [4.69, 9.17) is 9.47 Å². The Kier molecular flexibility index (Phi) is 7.18. The van der Waals surface area contributed by atoms with Gasteiger partial charge in [0, 0.05) is 19.1 Å². The molecule has 0 amide bonds. The van der Waals surface area contributed by atoms with Crippen molar-refractivity contribution in [3.63, 3.8) is 0 Å². The average Bonchev–Trinajstić information content (AvgIpc) is 2.61. The van der Waals surface area contributed by atoms with E-state index in [-0.39, 0.29) is 6.54 Å². The molecule has 25 heavy (non-hydrogen) atoms. The third-order valence-corrected chi connectivity index (χ3v) is 4.52. The lowest BCUT2D eigenvalue weighted by Crippen LogP contribution is -2.20. The smallest absolute Gasteiger partial charge is 0.234 e. The highest BCUT2D eigenvalue weighted by molar-refractivity contribution is 7.92. The summed E-state index contributed by atoms with van der Waals surface area (Å²) < 4.78 is 37.0. The van der Waals surface area contributed by atoms with Gasteiger partial charge in [-0.05, 0) is 36.3 Å². The monoisotopic (exact) mass is 361 g/mol. The lowest BCUT2D eigenvalue weighted by Gasteiger charge is -2.07. The van der Waals surface area contributed by atoms with Gasteiger partial charge < -0.3 is 9.47 Å². The van der Waals surface area contributed by atoms with Crippen LogP contribution in [0.15, 0.2) is 53.9 Å². The topological polar surface area (TPSA) is 64.6 Å². The van der Waals surface area contributed by atoms with Crippen LogP contribution in [0.4, 0.5) is 0 Å². The number of ether oxygens (including phenoxy) is 2. The number of nitrogens with one attached hydrogen (secondary N) is 1. The predicted octanol–water partition coefficient (Wildman–Crippen LogP) is 3.11. The van der Waals surface area contributed by atoms with E-state index in [9.17, 15) is 8.42 Å². The minimum atomic E-state index is -3.49. The molecule has 6 heteroatoms. The summed E-state index contributed by atoms with van der Waals surface area (Å²) in [6.45, 7) is 3.21. The molecule has 0 aliphatic rings. The quantitative estimate of drug-likeness (QED) is 0.697. The van der Waals surface area contributed by atoms with Gasteiger partial charge in [0.15, 0.2) is 0 Å². The molecule has 2 rings (SSSR count). The van der Waals surface area contributed by atoms with Crippen LogP contribution in [0, 0.1) is 6.92 Å². The van der Waals surface area contributed by atoms with E-state index in [1.165, 1.54) is 5.41 Å². The van der Waals surface area contributed by atoms with Gasteiger partial charge in [0.05, 0.1) is 6.61 Å². The summed E-state index contributed by atoms with van der Waals surface area (Å²) in [4.78, 5) is 0. The zero-order valence-corrected chi connectivity index (χ0v) is 15.3. The number of hydrogen-bond acceptors (Lipinski definition) is 4. The molecule has 0 saturated carbocycles. The van der Waals surface area contributed by atoms with Crippen LogP contribution in [-0.4, -0.2) is 28.7 Å². The van der Waals surface area contributed by atoms with Crippen molar-refractivity contribution in [2.75, 3.05) is 20.3 Å². The van der Waals surface area contributed by atoms with Crippen molar-refractivity contribution in [3.8, 4) is 5.75 Å². The van der Waals surface area contributed by atoms with Crippen molar-refractivity contribution >= 4 is 16.1 Å². The first-order valence-electron chi connectivity index (χ1n) is 7.93. The summed E-state index contributed by atoms with van der Waals surface area (Å²) in [6.07, 6.45) is 1.58. The zero-order chi connectivity index (χ0) is 18.1. The molecular weight excluding hydrogens is 338 g/mol. The van der Waals surface area contributed by atoms with E-state index in [1.54, 1.807) is 25.3 Å². The second-order valence-corrected chi connectivity index (χ2v) is 7.22. The Balaban J connectivity index is 1.87. The summed E-state index contributed by atoms with van der Waals surface area (Å²) in [5.41, 5.74) is 2.83. The molecule has 0 radical (unpaired) electrons. The van der Waals surface area contributed by atoms with Crippen molar-refractivity contribution < 1.29 is 17.9 Å². The van der Waals surface area contributed by atoms with E-state index in [0.717, 1.165) is 22.4 Å². The maximum absolute atomic E-state index is 12.0. The molecule has 0 aromatic heterocycles. The normalized spacial score (nSPS) is 11.8. The third kappa shape index (κ3) is 7.09. The highest BCUT2D eigenvalue weighted by Gasteiger charge is 2.05.